The summed E-state index contributed by atoms with van der Waals surface area (Å²) in [5.41, 5.74) is 3.84. The lowest BCUT2D eigenvalue weighted by molar-refractivity contribution is -0.140. The van der Waals surface area contributed by atoms with E-state index < -0.39 is 12.0 Å². The van der Waals surface area contributed by atoms with E-state index in [-0.39, 0.29) is 12.6 Å². The molecule has 2 amide bonds. The molecule has 0 aromatic heterocycles. The zero-order chi connectivity index (χ0) is 19.2. The van der Waals surface area contributed by atoms with Crippen LogP contribution in [0.25, 0.3) is 11.1 Å². The molecule has 140 valence electrons. The summed E-state index contributed by atoms with van der Waals surface area (Å²) in [5, 5.41) is 5.44. The minimum atomic E-state index is -0.571. The Kier molecular flexibility index (Phi) is 5.88. The Morgan fingerprint density at radius 2 is 1.67 bits per heavy atom. The summed E-state index contributed by atoms with van der Waals surface area (Å²) < 4.78 is 10.2. The lowest BCUT2D eigenvalue weighted by Gasteiger charge is -2.28. The number of carbonyl (C=O) groups is 2. The summed E-state index contributed by atoms with van der Waals surface area (Å²) in [6.07, 6.45) is 0. The number of urea groups is 1. The average molecular weight is 366 g/mol. The highest BCUT2D eigenvalue weighted by Crippen LogP contribution is 2.29. The number of rotatable bonds is 6. The zero-order valence-electron chi connectivity index (χ0n) is 15.3. The van der Waals surface area contributed by atoms with Crippen molar-refractivity contribution in [3.05, 3.63) is 71.4 Å². The van der Waals surface area contributed by atoms with Crippen LogP contribution in [0, 0.1) is 0 Å². The number of benzene rings is 2. The quantitative estimate of drug-likeness (QED) is 0.608. The van der Waals surface area contributed by atoms with Crippen molar-refractivity contribution in [1.29, 1.82) is 0 Å². The van der Waals surface area contributed by atoms with E-state index in [9.17, 15) is 9.59 Å². The predicted molar refractivity (Wildman–Crippen MR) is 102 cm³/mol. The molecule has 6 nitrogen and oxygen atoms in total. The van der Waals surface area contributed by atoms with Crippen LogP contribution in [-0.4, -0.2) is 32.3 Å². The summed E-state index contributed by atoms with van der Waals surface area (Å²) in [6.45, 7) is 2.16. The Bertz CT molecular complexity index is 844. The molecule has 6 heteroatoms. The van der Waals surface area contributed by atoms with Gasteiger partial charge in [0.25, 0.3) is 0 Å². The van der Waals surface area contributed by atoms with Gasteiger partial charge in [-0.25, -0.2) is 9.59 Å². The fourth-order valence-electron chi connectivity index (χ4n) is 3.01. The summed E-state index contributed by atoms with van der Waals surface area (Å²) >= 11 is 0. The summed E-state index contributed by atoms with van der Waals surface area (Å²) in [5.74, 6) is -0.478. The SMILES string of the molecule is COCCOC(=O)C1=C(C)NC(=O)NC1c1ccc(-c2ccccc2)cc1. The molecule has 0 bridgehead atoms. The van der Waals surface area contributed by atoms with Crippen LogP contribution in [0.5, 0.6) is 0 Å². The second-order valence-corrected chi connectivity index (χ2v) is 6.19. The normalized spacial score (nSPS) is 16.5. The lowest BCUT2D eigenvalue weighted by atomic mass is 9.94. The number of hydrogen-bond acceptors (Lipinski definition) is 4. The van der Waals surface area contributed by atoms with Crippen LogP contribution in [0.3, 0.4) is 0 Å². The van der Waals surface area contributed by atoms with Crippen molar-refractivity contribution in [3.63, 3.8) is 0 Å². The summed E-state index contributed by atoms with van der Waals surface area (Å²) in [6, 6.07) is 16.8. The molecular weight excluding hydrogens is 344 g/mol. The molecule has 2 aromatic carbocycles. The van der Waals surface area contributed by atoms with E-state index in [0.717, 1.165) is 16.7 Å². The average Bonchev–Trinajstić information content (AvgIpc) is 2.68. The number of allylic oxidation sites excluding steroid dienone is 1. The number of carbonyl (C=O) groups excluding carboxylic acids is 2. The molecule has 1 aliphatic rings. The first-order chi connectivity index (χ1) is 13.1. The largest absolute Gasteiger partial charge is 0.460 e. The van der Waals surface area contributed by atoms with Gasteiger partial charge in [-0.3, -0.25) is 0 Å². The number of amides is 2. The van der Waals surface area contributed by atoms with Crippen LogP contribution >= 0.6 is 0 Å². The molecule has 0 saturated heterocycles. The van der Waals surface area contributed by atoms with Gasteiger partial charge in [0.15, 0.2) is 0 Å². The molecule has 0 fully saturated rings. The lowest BCUT2D eigenvalue weighted by Crippen LogP contribution is -2.45. The first-order valence-corrected chi connectivity index (χ1v) is 8.70. The molecule has 0 saturated carbocycles. The molecule has 2 N–H and O–H groups in total. The van der Waals surface area contributed by atoms with Crippen LogP contribution in [0.15, 0.2) is 65.9 Å². The molecule has 1 unspecified atom stereocenters. The second kappa shape index (κ2) is 8.51. The van der Waals surface area contributed by atoms with Gasteiger partial charge in [0.05, 0.1) is 18.2 Å². The van der Waals surface area contributed by atoms with Crippen molar-refractivity contribution in [1.82, 2.24) is 10.6 Å². The highest BCUT2D eigenvalue weighted by atomic mass is 16.6. The Labute approximate surface area is 158 Å². The summed E-state index contributed by atoms with van der Waals surface area (Å²) in [7, 11) is 1.54. The Hall–Kier alpha value is -3.12. The number of nitrogens with one attached hydrogen (secondary N) is 2. The Morgan fingerprint density at radius 1 is 1.00 bits per heavy atom. The topological polar surface area (TPSA) is 76.7 Å². The molecule has 0 radical (unpaired) electrons. The van der Waals surface area contributed by atoms with Crippen molar-refractivity contribution in [3.8, 4) is 11.1 Å². The van der Waals surface area contributed by atoms with E-state index in [1.165, 1.54) is 7.11 Å². The van der Waals surface area contributed by atoms with Crippen LogP contribution in [0.1, 0.15) is 18.5 Å². The van der Waals surface area contributed by atoms with Crippen molar-refractivity contribution in [2.45, 2.75) is 13.0 Å². The molecular formula is C21H22N2O4. The third-order valence-corrected chi connectivity index (χ3v) is 4.36. The van der Waals surface area contributed by atoms with Gasteiger partial charge in [0.1, 0.15) is 6.61 Å². The summed E-state index contributed by atoms with van der Waals surface area (Å²) in [4.78, 5) is 24.5. The first kappa shape index (κ1) is 18.7. The molecule has 3 rings (SSSR count). The molecule has 27 heavy (non-hydrogen) atoms. The maximum Gasteiger partial charge on any atom is 0.338 e. The van der Waals surface area contributed by atoms with Crippen molar-refractivity contribution in [2.75, 3.05) is 20.3 Å². The van der Waals surface area contributed by atoms with Gasteiger partial charge in [-0.1, -0.05) is 54.6 Å². The monoisotopic (exact) mass is 366 g/mol. The smallest absolute Gasteiger partial charge is 0.338 e. The van der Waals surface area contributed by atoms with Gasteiger partial charge in [-0.05, 0) is 23.6 Å². The van der Waals surface area contributed by atoms with Gasteiger partial charge < -0.3 is 20.1 Å². The van der Waals surface area contributed by atoms with E-state index >= 15 is 0 Å². The fraction of sp³-hybridized carbons (Fsp3) is 0.238. The maximum atomic E-state index is 12.5. The maximum absolute atomic E-state index is 12.5. The first-order valence-electron chi connectivity index (χ1n) is 8.70. The third kappa shape index (κ3) is 4.35. The molecule has 0 spiro atoms. The third-order valence-electron chi connectivity index (χ3n) is 4.36. The number of methoxy groups -OCH3 is 1. The van der Waals surface area contributed by atoms with Crippen molar-refractivity contribution in [2.24, 2.45) is 0 Å². The van der Waals surface area contributed by atoms with E-state index in [1.807, 2.05) is 54.6 Å². The second-order valence-electron chi connectivity index (χ2n) is 6.19. The zero-order valence-corrected chi connectivity index (χ0v) is 15.3. The molecule has 2 aromatic rings. The van der Waals surface area contributed by atoms with Crippen LogP contribution in [0.4, 0.5) is 4.79 Å². The minimum absolute atomic E-state index is 0.153. The molecule has 1 heterocycles. The number of esters is 1. The highest BCUT2D eigenvalue weighted by molar-refractivity contribution is 5.95. The van der Waals surface area contributed by atoms with Gasteiger partial charge in [0.2, 0.25) is 0 Å². The van der Waals surface area contributed by atoms with E-state index in [4.69, 9.17) is 9.47 Å². The van der Waals surface area contributed by atoms with E-state index in [2.05, 4.69) is 10.6 Å². The standard InChI is InChI=1S/C21H22N2O4/c1-14-18(20(24)27-13-12-26-2)19(23-21(25)22-14)17-10-8-16(9-11-17)15-6-4-3-5-7-15/h3-11,19H,12-13H2,1-2H3,(H2,22,23,25). The van der Waals surface area contributed by atoms with Crippen LogP contribution in [0.2, 0.25) is 0 Å². The van der Waals surface area contributed by atoms with Crippen LogP contribution in [-0.2, 0) is 14.3 Å². The molecule has 0 aliphatic carbocycles. The van der Waals surface area contributed by atoms with Gasteiger partial charge in [-0.15, -0.1) is 0 Å². The Balaban J connectivity index is 1.87. The van der Waals surface area contributed by atoms with Crippen molar-refractivity contribution < 1.29 is 19.1 Å². The molecule has 1 aliphatic heterocycles. The van der Waals surface area contributed by atoms with E-state index in [1.54, 1.807) is 6.92 Å². The Morgan fingerprint density at radius 3 is 2.33 bits per heavy atom. The number of hydrogen-bond donors (Lipinski definition) is 2. The van der Waals surface area contributed by atoms with E-state index in [0.29, 0.717) is 17.9 Å². The van der Waals surface area contributed by atoms with Gasteiger partial charge >= 0.3 is 12.0 Å². The van der Waals surface area contributed by atoms with Crippen LogP contribution < -0.4 is 10.6 Å². The predicted octanol–water partition coefficient (Wildman–Crippen LogP) is 3.17. The van der Waals surface area contributed by atoms with Gasteiger partial charge in [-0.2, -0.15) is 0 Å². The highest BCUT2D eigenvalue weighted by Gasteiger charge is 2.32. The van der Waals surface area contributed by atoms with Gasteiger partial charge in [0, 0.05) is 12.8 Å². The van der Waals surface area contributed by atoms with Crippen molar-refractivity contribution >= 4 is 12.0 Å². The molecule has 1 atom stereocenters. The number of ether oxygens (including phenoxy) is 2. The minimum Gasteiger partial charge on any atom is -0.460 e. The fourth-order valence-corrected chi connectivity index (χ4v) is 3.01.